The van der Waals surface area contributed by atoms with Gasteiger partial charge in [-0.1, -0.05) is 6.07 Å². The van der Waals surface area contributed by atoms with Crippen LogP contribution in [-0.4, -0.2) is 36.2 Å². The number of hydrogen-bond acceptors (Lipinski definition) is 4. The number of benzene rings is 1. The van der Waals surface area contributed by atoms with Crippen LogP contribution < -0.4 is 4.74 Å². The summed E-state index contributed by atoms with van der Waals surface area (Å²) in [6, 6.07) is 6.69. The van der Waals surface area contributed by atoms with Crippen LogP contribution in [0.1, 0.15) is 11.1 Å². The van der Waals surface area contributed by atoms with Crippen molar-refractivity contribution in [2.24, 2.45) is 0 Å². The Hall–Kier alpha value is -2.63. The number of amides is 1. The van der Waals surface area contributed by atoms with Crippen molar-refractivity contribution in [3.05, 3.63) is 47.4 Å². The van der Waals surface area contributed by atoms with E-state index in [0.717, 1.165) is 22.3 Å². The fourth-order valence-electron chi connectivity index (χ4n) is 2.63. The lowest BCUT2D eigenvalue weighted by molar-refractivity contribution is 0.157. The highest BCUT2D eigenvalue weighted by atomic mass is 19.1. The van der Waals surface area contributed by atoms with Gasteiger partial charge < -0.3 is 14.4 Å². The van der Waals surface area contributed by atoms with Crippen molar-refractivity contribution in [2.75, 3.05) is 20.3 Å². The molecule has 5 nitrogen and oxygen atoms in total. The minimum atomic E-state index is -0.348. The third-order valence-electron chi connectivity index (χ3n) is 3.70. The molecule has 1 aromatic carbocycles. The van der Waals surface area contributed by atoms with E-state index in [1.54, 1.807) is 11.1 Å². The Morgan fingerprint density at radius 1 is 1.30 bits per heavy atom. The predicted octanol–water partition coefficient (Wildman–Crippen LogP) is 3.16. The lowest BCUT2D eigenvalue weighted by Crippen LogP contribution is -2.24. The van der Waals surface area contributed by atoms with E-state index in [9.17, 15) is 9.18 Å². The van der Waals surface area contributed by atoms with E-state index < -0.39 is 0 Å². The van der Waals surface area contributed by atoms with Gasteiger partial charge in [0.2, 0.25) is 5.88 Å². The number of carbonyl (C=O) groups is 1. The summed E-state index contributed by atoms with van der Waals surface area (Å²) < 4.78 is 23.8. The van der Waals surface area contributed by atoms with E-state index in [2.05, 4.69) is 4.98 Å². The predicted molar refractivity (Wildman–Crippen MR) is 82.7 cm³/mol. The van der Waals surface area contributed by atoms with Gasteiger partial charge in [0, 0.05) is 17.3 Å². The lowest BCUT2D eigenvalue weighted by Gasteiger charge is -2.15. The molecule has 0 aliphatic carbocycles. The third-order valence-corrected chi connectivity index (χ3v) is 3.70. The molecule has 120 valence electrons. The lowest BCUT2D eigenvalue weighted by atomic mass is 10.0. The molecule has 2 aromatic rings. The molecule has 1 fully saturated rings. The highest BCUT2D eigenvalue weighted by molar-refractivity contribution is 5.70. The van der Waals surface area contributed by atoms with Gasteiger partial charge in [0.1, 0.15) is 12.4 Å². The van der Waals surface area contributed by atoms with Crippen LogP contribution >= 0.6 is 0 Å². The van der Waals surface area contributed by atoms with E-state index in [4.69, 9.17) is 9.47 Å². The average molecular weight is 316 g/mol. The SMILES string of the molecule is COc1ncc(-c2cc(C)cc(F)c2)cc1CN1CCOC1=O. The first-order chi connectivity index (χ1) is 11.1. The van der Waals surface area contributed by atoms with Gasteiger partial charge in [0.25, 0.3) is 0 Å². The highest BCUT2D eigenvalue weighted by Crippen LogP contribution is 2.27. The minimum absolute atomic E-state index is 0.291. The topological polar surface area (TPSA) is 51.7 Å². The number of carbonyl (C=O) groups excluding carboxylic acids is 1. The molecule has 1 amide bonds. The molecule has 0 radical (unpaired) electrons. The second-order valence-corrected chi connectivity index (χ2v) is 5.45. The number of aryl methyl sites for hydroxylation is 1. The van der Waals surface area contributed by atoms with Gasteiger partial charge in [-0.2, -0.15) is 0 Å². The van der Waals surface area contributed by atoms with Crippen LogP contribution in [0.25, 0.3) is 11.1 Å². The Morgan fingerprint density at radius 2 is 2.13 bits per heavy atom. The van der Waals surface area contributed by atoms with Crippen LogP contribution in [0.15, 0.2) is 30.5 Å². The molecule has 2 heterocycles. The van der Waals surface area contributed by atoms with Crippen molar-refractivity contribution in [2.45, 2.75) is 13.5 Å². The zero-order valence-electron chi connectivity index (χ0n) is 13.0. The molecule has 3 rings (SSSR count). The summed E-state index contributed by atoms with van der Waals surface area (Å²) in [6.07, 6.45) is 1.29. The molecule has 23 heavy (non-hydrogen) atoms. The van der Waals surface area contributed by atoms with Gasteiger partial charge >= 0.3 is 6.09 Å². The summed E-state index contributed by atoms with van der Waals surface area (Å²) in [6.45, 7) is 3.10. The first kappa shape index (κ1) is 15.3. The van der Waals surface area contributed by atoms with E-state index in [-0.39, 0.29) is 11.9 Å². The Balaban J connectivity index is 1.96. The van der Waals surface area contributed by atoms with E-state index in [0.29, 0.717) is 25.6 Å². The number of halogens is 1. The molecule has 0 atom stereocenters. The summed E-state index contributed by atoms with van der Waals surface area (Å²) in [7, 11) is 1.53. The Labute approximate surface area is 133 Å². The number of hydrogen-bond donors (Lipinski definition) is 0. The number of cyclic esters (lactones) is 1. The first-order valence-electron chi connectivity index (χ1n) is 7.29. The minimum Gasteiger partial charge on any atom is -0.481 e. The summed E-state index contributed by atoms with van der Waals surface area (Å²) in [5.74, 6) is 0.155. The Morgan fingerprint density at radius 3 is 2.78 bits per heavy atom. The molecular weight excluding hydrogens is 299 g/mol. The van der Waals surface area contributed by atoms with Crippen LogP contribution in [0.3, 0.4) is 0 Å². The highest BCUT2D eigenvalue weighted by Gasteiger charge is 2.23. The standard InChI is InChI=1S/C17H17FN2O3/c1-11-5-12(8-15(18)6-11)13-7-14(16(22-2)19-9-13)10-20-3-4-23-17(20)21/h5-9H,3-4,10H2,1-2H3. The number of aromatic nitrogens is 1. The van der Waals surface area contributed by atoms with Crippen molar-refractivity contribution in [3.63, 3.8) is 0 Å². The van der Waals surface area contributed by atoms with E-state index in [1.807, 2.05) is 19.1 Å². The third kappa shape index (κ3) is 3.26. The molecule has 0 spiro atoms. The average Bonchev–Trinajstić information content (AvgIpc) is 2.91. The molecule has 1 aliphatic rings. The maximum absolute atomic E-state index is 13.6. The van der Waals surface area contributed by atoms with E-state index >= 15 is 0 Å². The number of ether oxygens (including phenoxy) is 2. The molecule has 1 aromatic heterocycles. The largest absolute Gasteiger partial charge is 0.481 e. The van der Waals surface area contributed by atoms with Crippen LogP contribution in [-0.2, 0) is 11.3 Å². The van der Waals surface area contributed by atoms with Gasteiger partial charge in [-0.05, 0) is 36.2 Å². The van der Waals surface area contributed by atoms with Gasteiger partial charge in [-0.15, -0.1) is 0 Å². The molecular formula is C17H17FN2O3. The van der Waals surface area contributed by atoms with Crippen LogP contribution in [0, 0.1) is 12.7 Å². The molecule has 0 unspecified atom stereocenters. The van der Waals surface area contributed by atoms with Gasteiger partial charge in [0.15, 0.2) is 0 Å². The zero-order chi connectivity index (χ0) is 16.4. The molecule has 0 bridgehead atoms. The monoisotopic (exact) mass is 316 g/mol. The van der Waals surface area contributed by atoms with Crippen molar-refractivity contribution in [3.8, 4) is 17.0 Å². The molecule has 6 heteroatoms. The van der Waals surface area contributed by atoms with Crippen LogP contribution in [0.2, 0.25) is 0 Å². The van der Waals surface area contributed by atoms with Crippen LogP contribution in [0.5, 0.6) is 5.88 Å². The maximum Gasteiger partial charge on any atom is 0.410 e. The summed E-state index contributed by atoms with van der Waals surface area (Å²) in [5, 5.41) is 0. The number of methoxy groups -OCH3 is 1. The van der Waals surface area contributed by atoms with Crippen LogP contribution in [0.4, 0.5) is 9.18 Å². The van der Waals surface area contributed by atoms with Crippen molar-refractivity contribution in [1.82, 2.24) is 9.88 Å². The van der Waals surface area contributed by atoms with Gasteiger partial charge in [-0.25, -0.2) is 14.2 Å². The van der Waals surface area contributed by atoms with Crippen molar-refractivity contribution < 1.29 is 18.7 Å². The molecule has 1 aliphatic heterocycles. The number of rotatable bonds is 4. The Bertz CT molecular complexity index is 728. The van der Waals surface area contributed by atoms with E-state index in [1.165, 1.54) is 19.2 Å². The molecule has 0 saturated carbocycles. The molecule has 1 saturated heterocycles. The fraction of sp³-hybridized carbons (Fsp3) is 0.294. The summed E-state index contributed by atoms with van der Waals surface area (Å²) >= 11 is 0. The van der Waals surface area contributed by atoms with Gasteiger partial charge in [-0.3, -0.25) is 0 Å². The first-order valence-corrected chi connectivity index (χ1v) is 7.29. The van der Waals surface area contributed by atoms with Gasteiger partial charge in [0.05, 0.1) is 20.2 Å². The van der Waals surface area contributed by atoms with Crippen molar-refractivity contribution >= 4 is 6.09 Å². The smallest absolute Gasteiger partial charge is 0.410 e. The maximum atomic E-state index is 13.6. The fourth-order valence-corrected chi connectivity index (χ4v) is 2.63. The second kappa shape index (κ2) is 6.24. The van der Waals surface area contributed by atoms with Crippen molar-refractivity contribution in [1.29, 1.82) is 0 Å². The zero-order valence-corrected chi connectivity index (χ0v) is 13.0. The second-order valence-electron chi connectivity index (χ2n) is 5.45. The Kier molecular flexibility index (Phi) is 4.14. The normalized spacial score (nSPS) is 14.0. The summed E-state index contributed by atoms with van der Waals surface area (Å²) in [5.41, 5.74) is 3.10. The quantitative estimate of drug-likeness (QED) is 0.869. The molecule has 0 N–H and O–H groups in total. The number of nitrogens with zero attached hydrogens (tertiary/aromatic N) is 2. The number of pyridine rings is 1. The summed E-state index contributed by atoms with van der Waals surface area (Å²) in [4.78, 5) is 17.5.